The van der Waals surface area contributed by atoms with E-state index in [1.165, 1.54) is 11.3 Å². The van der Waals surface area contributed by atoms with E-state index in [2.05, 4.69) is 45.0 Å². The van der Waals surface area contributed by atoms with E-state index >= 15 is 0 Å². The van der Waals surface area contributed by atoms with Gasteiger partial charge in [0.15, 0.2) is 0 Å². The van der Waals surface area contributed by atoms with Gasteiger partial charge in [0.1, 0.15) is 0 Å². The number of benzene rings is 1. The molecular weight excluding hydrogens is 316 g/mol. The van der Waals surface area contributed by atoms with Crippen molar-refractivity contribution in [3.8, 4) is 0 Å². The fourth-order valence-corrected chi connectivity index (χ4v) is 2.69. The first kappa shape index (κ1) is 15.1. The molecule has 108 valence electrons. The Labute approximate surface area is 128 Å². The maximum absolute atomic E-state index is 5.72. The fourth-order valence-electron chi connectivity index (χ4n) is 2.22. The summed E-state index contributed by atoms with van der Waals surface area (Å²) in [6, 6.07) is 8.07. The summed E-state index contributed by atoms with van der Waals surface area (Å²) in [5, 5.41) is 4.44. The van der Waals surface area contributed by atoms with Crippen molar-refractivity contribution >= 4 is 21.6 Å². The zero-order valence-electron chi connectivity index (χ0n) is 12.2. The molecule has 0 saturated carbocycles. The normalized spacial score (nSPS) is 11.2. The van der Waals surface area contributed by atoms with Gasteiger partial charge in [-0.15, -0.1) is 0 Å². The molecule has 2 N–H and O–H groups in total. The third-order valence-corrected chi connectivity index (χ3v) is 4.50. The van der Waals surface area contributed by atoms with Crippen LogP contribution in [-0.2, 0) is 20.1 Å². The number of aromatic nitrogens is 2. The lowest BCUT2D eigenvalue weighted by atomic mass is 10.2. The van der Waals surface area contributed by atoms with Gasteiger partial charge in [0, 0.05) is 25.8 Å². The molecule has 0 unspecified atom stereocenters. The van der Waals surface area contributed by atoms with E-state index in [1.54, 1.807) is 0 Å². The highest BCUT2D eigenvalue weighted by molar-refractivity contribution is 9.10. The van der Waals surface area contributed by atoms with Gasteiger partial charge >= 0.3 is 0 Å². The summed E-state index contributed by atoms with van der Waals surface area (Å²) < 4.78 is 3.06. The SMILES string of the molecule is CCN(Cc1ccc(N)cc1)Cc1c(Br)c(C)nn1C. The Morgan fingerprint density at radius 2 is 1.90 bits per heavy atom. The number of halogens is 1. The maximum atomic E-state index is 5.72. The molecule has 2 rings (SSSR count). The third-order valence-electron chi connectivity index (χ3n) is 3.47. The van der Waals surface area contributed by atoms with Crippen LogP contribution in [0.25, 0.3) is 0 Å². The second-order valence-electron chi connectivity index (χ2n) is 5.01. The highest BCUT2D eigenvalue weighted by atomic mass is 79.9. The van der Waals surface area contributed by atoms with Crippen LogP contribution in [0.3, 0.4) is 0 Å². The van der Waals surface area contributed by atoms with Crippen LogP contribution in [0, 0.1) is 6.92 Å². The lowest BCUT2D eigenvalue weighted by molar-refractivity contribution is 0.263. The second-order valence-corrected chi connectivity index (χ2v) is 5.81. The molecule has 20 heavy (non-hydrogen) atoms. The molecule has 0 aliphatic carbocycles. The molecule has 1 aromatic heterocycles. The molecule has 0 spiro atoms. The first-order valence-corrected chi connectivity index (χ1v) is 7.55. The van der Waals surface area contributed by atoms with E-state index < -0.39 is 0 Å². The van der Waals surface area contributed by atoms with Crippen molar-refractivity contribution in [1.82, 2.24) is 14.7 Å². The monoisotopic (exact) mass is 336 g/mol. The first-order chi connectivity index (χ1) is 9.51. The van der Waals surface area contributed by atoms with Crippen molar-refractivity contribution in [2.45, 2.75) is 26.9 Å². The van der Waals surface area contributed by atoms with Crippen LogP contribution in [0.2, 0.25) is 0 Å². The van der Waals surface area contributed by atoms with Crippen molar-refractivity contribution in [3.05, 3.63) is 45.7 Å². The van der Waals surface area contributed by atoms with Crippen LogP contribution < -0.4 is 5.73 Å². The van der Waals surface area contributed by atoms with Gasteiger partial charge in [0.25, 0.3) is 0 Å². The summed E-state index contributed by atoms with van der Waals surface area (Å²) in [6.45, 7) is 6.96. The fraction of sp³-hybridized carbons (Fsp3) is 0.400. The number of nitrogen functional groups attached to an aromatic ring is 1. The molecule has 4 nitrogen and oxygen atoms in total. The number of anilines is 1. The Bertz CT molecular complexity index is 574. The van der Waals surface area contributed by atoms with Crippen LogP contribution in [0.15, 0.2) is 28.7 Å². The number of aryl methyl sites for hydroxylation is 2. The number of hydrogen-bond donors (Lipinski definition) is 1. The van der Waals surface area contributed by atoms with Gasteiger partial charge in [0.05, 0.1) is 15.9 Å². The molecule has 0 aliphatic heterocycles. The second kappa shape index (κ2) is 6.41. The standard InChI is InChI=1S/C15H21BrN4/c1-4-20(9-12-5-7-13(17)8-6-12)10-14-15(16)11(2)18-19(14)3/h5-8H,4,9-10,17H2,1-3H3. The number of nitrogens with zero attached hydrogens (tertiary/aromatic N) is 3. The third kappa shape index (κ3) is 3.41. The molecule has 0 fully saturated rings. The summed E-state index contributed by atoms with van der Waals surface area (Å²) in [5.41, 5.74) is 10.0. The number of rotatable bonds is 5. The minimum atomic E-state index is 0.807. The lowest BCUT2D eigenvalue weighted by Crippen LogP contribution is -2.23. The summed E-state index contributed by atoms with van der Waals surface area (Å²) in [6.07, 6.45) is 0. The Hall–Kier alpha value is -1.33. The first-order valence-electron chi connectivity index (χ1n) is 6.76. The van der Waals surface area contributed by atoms with Gasteiger partial charge in [-0.05, 0) is 47.1 Å². The molecule has 2 aromatic rings. The molecule has 0 bridgehead atoms. The van der Waals surface area contributed by atoms with Crippen molar-refractivity contribution in [2.24, 2.45) is 7.05 Å². The van der Waals surface area contributed by atoms with Crippen LogP contribution in [0.1, 0.15) is 23.9 Å². The molecule has 5 heteroatoms. The predicted octanol–water partition coefficient (Wildman–Crippen LogP) is 3.10. The van der Waals surface area contributed by atoms with Crippen molar-refractivity contribution < 1.29 is 0 Å². The van der Waals surface area contributed by atoms with Crippen molar-refractivity contribution in [2.75, 3.05) is 12.3 Å². The average molecular weight is 337 g/mol. The zero-order valence-corrected chi connectivity index (χ0v) is 13.8. The Kier molecular flexibility index (Phi) is 4.83. The van der Waals surface area contributed by atoms with Crippen LogP contribution in [0.5, 0.6) is 0 Å². The summed E-state index contributed by atoms with van der Waals surface area (Å²) in [7, 11) is 1.99. The average Bonchev–Trinajstić information content (AvgIpc) is 2.66. The van der Waals surface area contributed by atoms with Crippen LogP contribution >= 0.6 is 15.9 Å². The summed E-state index contributed by atoms with van der Waals surface area (Å²) in [5.74, 6) is 0. The molecule has 1 heterocycles. The molecule has 0 saturated heterocycles. The van der Waals surface area contributed by atoms with E-state index in [1.807, 2.05) is 30.8 Å². The number of hydrogen-bond acceptors (Lipinski definition) is 3. The molecular formula is C15H21BrN4. The van der Waals surface area contributed by atoms with Gasteiger partial charge in [-0.3, -0.25) is 9.58 Å². The van der Waals surface area contributed by atoms with Gasteiger partial charge in [0.2, 0.25) is 0 Å². The van der Waals surface area contributed by atoms with Crippen LogP contribution in [0.4, 0.5) is 5.69 Å². The van der Waals surface area contributed by atoms with Gasteiger partial charge in [-0.1, -0.05) is 19.1 Å². The Morgan fingerprint density at radius 3 is 2.40 bits per heavy atom. The largest absolute Gasteiger partial charge is 0.399 e. The van der Waals surface area contributed by atoms with Crippen LogP contribution in [-0.4, -0.2) is 21.2 Å². The molecule has 0 amide bonds. The highest BCUT2D eigenvalue weighted by Gasteiger charge is 2.14. The minimum Gasteiger partial charge on any atom is -0.399 e. The Balaban J connectivity index is 2.11. The number of nitrogens with two attached hydrogens (primary N) is 1. The van der Waals surface area contributed by atoms with Crippen molar-refractivity contribution in [3.63, 3.8) is 0 Å². The maximum Gasteiger partial charge on any atom is 0.0739 e. The Morgan fingerprint density at radius 1 is 1.25 bits per heavy atom. The summed E-state index contributed by atoms with van der Waals surface area (Å²) >= 11 is 3.63. The van der Waals surface area contributed by atoms with E-state index in [0.717, 1.165) is 35.5 Å². The van der Waals surface area contributed by atoms with E-state index in [9.17, 15) is 0 Å². The quantitative estimate of drug-likeness (QED) is 0.853. The van der Waals surface area contributed by atoms with Gasteiger partial charge in [-0.2, -0.15) is 5.10 Å². The predicted molar refractivity (Wildman–Crippen MR) is 86.3 cm³/mol. The smallest absolute Gasteiger partial charge is 0.0739 e. The van der Waals surface area contributed by atoms with E-state index in [4.69, 9.17) is 5.73 Å². The zero-order chi connectivity index (χ0) is 14.7. The molecule has 0 atom stereocenters. The minimum absolute atomic E-state index is 0.807. The lowest BCUT2D eigenvalue weighted by Gasteiger charge is -2.21. The van der Waals surface area contributed by atoms with Gasteiger partial charge < -0.3 is 5.73 Å². The summed E-state index contributed by atoms with van der Waals surface area (Å²) in [4.78, 5) is 2.38. The molecule has 0 aliphatic rings. The topological polar surface area (TPSA) is 47.1 Å². The molecule has 1 aromatic carbocycles. The van der Waals surface area contributed by atoms with E-state index in [0.29, 0.717) is 0 Å². The highest BCUT2D eigenvalue weighted by Crippen LogP contribution is 2.22. The molecule has 0 radical (unpaired) electrons. The van der Waals surface area contributed by atoms with Crippen molar-refractivity contribution in [1.29, 1.82) is 0 Å². The van der Waals surface area contributed by atoms with E-state index in [-0.39, 0.29) is 0 Å². The van der Waals surface area contributed by atoms with Gasteiger partial charge in [-0.25, -0.2) is 0 Å².